The summed E-state index contributed by atoms with van der Waals surface area (Å²) in [5, 5.41) is 9.64. The minimum absolute atomic E-state index is 0.197. The zero-order valence-corrected chi connectivity index (χ0v) is 9.52. The van der Waals surface area contributed by atoms with Crippen LogP contribution in [-0.2, 0) is 4.74 Å². The number of ether oxygens (including phenoxy) is 1. The fourth-order valence-corrected chi connectivity index (χ4v) is 1.51. The monoisotopic (exact) mass is 208 g/mol. The van der Waals surface area contributed by atoms with Gasteiger partial charge in [0.05, 0.1) is 6.10 Å². The van der Waals surface area contributed by atoms with Crippen LogP contribution in [0.3, 0.4) is 0 Å². The van der Waals surface area contributed by atoms with Crippen molar-refractivity contribution in [3.05, 3.63) is 35.9 Å². The van der Waals surface area contributed by atoms with Gasteiger partial charge in [-0.1, -0.05) is 43.7 Å². The summed E-state index contributed by atoms with van der Waals surface area (Å²) in [7, 11) is 0. The SMILES string of the molecule is CCCCOC(c1ccccc1)C(C)O. The van der Waals surface area contributed by atoms with E-state index in [-0.39, 0.29) is 6.10 Å². The van der Waals surface area contributed by atoms with Crippen molar-refractivity contribution in [2.75, 3.05) is 6.61 Å². The highest BCUT2D eigenvalue weighted by molar-refractivity contribution is 5.18. The average Bonchev–Trinajstić information content (AvgIpc) is 2.25. The smallest absolute Gasteiger partial charge is 0.108 e. The molecule has 1 aromatic carbocycles. The zero-order chi connectivity index (χ0) is 11.1. The highest BCUT2D eigenvalue weighted by Crippen LogP contribution is 2.21. The lowest BCUT2D eigenvalue weighted by Crippen LogP contribution is -2.18. The molecule has 2 nitrogen and oxygen atoms in total. The molecule has 0 fully saturated rings. The van der Waals surface area contributed by atoms with E-state index >= 15 is 0 Å². The molecule has 0 spiro atoms. The topological polar surface area (TPSA) is 29.5 Å². The third-order valence-corrected chi connectivity index (χ3v) is 2.36. The first-order valence-electron chi connectivity index (χ1n) is 5.60. The van der Waals surface area contributed by atoms with Crippen molar-refractivity contribution in [3.63, 3.8) is 0 Å². The first-order chi connectivity index (χ1) is 7.25. The first-order valence-corrected chi connectivity index (χ1v) is 5.60. The summed E-state index contributed by atoms with van der Waals surface area (Å²) in [5.41, 5.74) is 1.05. The quantitative estimate of drug-likeness (QED) is 0.728. The second-order valence-corrected chi connectivity index (χ2v) is 3.80. The Balaban J connectivity index is 2.58. The molecule has 1 aromatic rings. The van der Waals surface area contributed by atoms with Crippen molar-refractivity contribution in [3.8, 4) is 0 Å². The summed E-state index contributed by atoms with van der Waals surface area (Å²) in [4.78, 5) is 0. The van der Waals surface area contributed by atoms with Crippen LogP contribution in [0.5, 0.6) is 0 Å². The molecule has 0 amide bonds. The Bertz CT molecular complexity index is 256. The van der Waals surface area contributed by atoms with Crippen LogP contribution in [0.1, 0.15) is 38.4 Å². The van der Waals surface area contributed by atoms with Gasteiger partial charge in [0.15, 0.2) is 0 Å². The molecular formula is C13H20O2. The van der Waals surface area contributed by atoms with E-state index in [1.165, 1.54) is 0 Å². The maximum Gasteiger partial charge on any atom is 0.108 e. The van der Waals surface area contributed by atoms with Crippen molar-refractivity contribution >= 4 is 0 Å². The minimum Gasteiger partial charge on any atom is -0.390 e. The van der Waals surface area contributed by atoms with Crippen molar-refractivity contribution in [1.29, 1.82) is 0 Å². The number of benzene rings is 1. The summed E-state index contributed by atoms with van der Waals surface area (Å²) in [6.07, 6.45) is 1.49. The van der Waals surface area contributed by atoms with Gasteiger partial charge in [-0.15, -0.1) is 0 Å². The molecule has 0 radical (unpaired) electrons. The minimum atomic E-state index is -0.468. The number of rotatable bonds is 6. The van der Waals surface area contributed by atoms with E-state index in [2.05, 4.69) is 6.92 Å². The van der Waals surface area contributed by atoms with Crippen molar-refractivity contribution in [1.82, 2.24) is 0 Å². The van der Waals surface area contributed by atoms with Crippen LogP contribution in [0.4, 0.5) is 0 Å². The Hall–Kier alpha value is -0.860. The molecular weight excluding hydrogens is 188 g/mol. The Morgan fingerprint density at radius 3 is 2.47 bits per heavy atom. The second kappa shape index (κ2) is 6.59. The summed E-state index contributed by atoms with van der Waals surface area (Å²) >= 11 is 0. The first kappa shape index (κ1) is 12.2. The van der Waals surface area contributed by atoms with E-state index in [1.807, 2.05) is 30.3 Å². The predicted molar refractivity (Wildman–Crippen MR) is 61.7 cm³/mol. The van der Waals surface area contributed by atoms with Gasteiger partial charge >= 0.3 is 0 Å². The normalized spacial score (nSPS) is 14.9. The van der Waals surface area contributed by atoms with Gasteiger partial charge in [0, 0.05) is 6.61 Å². The average molecular weight is 208 g/mol. The van der Waals surface area contributed by atoms with Gasteiger partial charge in [-0.25, -0.2) is 0 Å². The summed E-state index contributed by atoms with van der Waals surface area (Å²) < 4.78 is 5.68. The molecule has 0 heterocycles. The third-order valence-electron chi connectivity index (χ3n) is 2.36. The van der Waals surface area contributed by atoms with Gasteiger partial charge in [-0.05, 0) is 18.9 Å². The fraction of sp³-hybridized carbons (Fsp3) is 0.538. The predicted octanol–water partition coefficient (Wildman–Crippen LogP) is 2.93. The van der Waals surface area contributed by atoms with E-state index in [0.29, 0.717) is 6.61 Å². The van der Waals surface area contributed by atoms with Gasteiger partial charge in [0.2, 0.25) is 0 Å². The summed E-state index contributed by atoms with van der Waals surface area (Å²) in [5.74, 6) is 0. The Kier molecular flexibility index (Phi) is 5.37. The van der Waals surface area contributed by atoms with Crippen LogP contribution in [-0.4, -0.2) is 17.8 Å². The van der Waals surface area contributed by atoms with Crippen LogP contribution in [0, 0.1) is 0 Å². The molecule has 0 saturated carbocycles. The highest BCUT2D eigenvalue weighted by Gasteiger charge is 2.16. The molecule has 0 aliphatic heterocycles. The number of aliphatic hydroxyl groups is 1. The van der Waals surface area contributed by atoms with Crippen LogP contribution in [0.15, 0.2) is 30.3 Å². The molecule has 0 saturated heterocycles. The third kappa shape index (κ3) is 4.02. The van der Waals surface area contributed by atoms with Crippen molar-refractivity contribution in [2.45, 2.75) is 38.9 Å². The highest BCUT2D eigenvalue weighted by atomic mass is 16.5. The number of hydrogen-bond donors (Lipinski definition) is 1. The second-order valence-electron chi connectivity index (χ2n) is 3.80. The molecule has 84 valence electrons. The summed E-state index contributed by atoms with van der Waals surface area (Å²) in [6, 6.07) is 9.88. The van der Waals surface area contributed by atoms with E-state index in [4.69, 9.17) is 4.74 Å². The van der Waals surface area contributed by atoms with Crippen molar-refractivity contribution < 1.29 is 9.84 Å². The molecule has 0 aliphatic rings. The largest absolute Gasteiger partial charge is 0.390 e. The van der Waals surface area contributed by atoms with Crippen LogP contribution < -0.4 is 0 Å². The van der Waals surface area contributed by atoms with Crippen LogP contribution in [0.25, 0.3) is 0 Å². The van der Waals surface area contributed by atoms with Gasteiger partial charge in [-0.2, -0.15) is 0 Å². The maximum absolute atomic E-state index is 9.64. The lowest BCUT2D eigenvalue weighted by molar-refractivity contribution is -0.0321. The molecule has 1 N–H and O–H groups in total. The Labute approximate surface area is 91.9 Å². The molecule has 0 aliphatic carbocycles. The standard InChI is InChI=1S/C13H20O2/c1-3-4-10-15-13(11(2)14)12-8-6-5-7-9-12/h5-9,11,13-14H,3-4,10H2,1-2H3. The molecule has 2 heteroatoms. The number of unbranched alkanes of at least 4 members (excludes halogenated alkanes) is 1. The Morgan fingerprint density at radius 2 is 1.93 bits per heavy atom. The molecule has 2 atom stereocenters. The number of hydrogen-bond acceptors (Lipinski definition) is 2. The maximum atomic E-state index is 9.64. The summed E-state index contributed by atoms with van der Waals surface area (Å²) in [6.45, 7) is 4.60. The molecule has 2 unspecified atom stereocenters. The molecule has 0 aromatic heterocycles. The fourth-order valence-electron chi connectivity index (χ4n) is 1.51. The van der Waals surface area contributed by atoms with Gasteiger partial charge < -0.3 is 9.84 Å². The Morgan fingerprint density at radius 1 is 1.27 bits per heavy atom. The lowest BCUT2D eigenvalue weighted by atomic mass is 10.1. The molecule has 0 bridgehead atoms. The zero-order valence-electron chi connectivity index (χ0n) is 9.52. The van der Waals surface area contributed by atoms with Gasteiger partial charge in [0.1, 0.15) is 6.10 Å². The van der Waals surface area contributed by atoms with Gasteiger partial charge in [0.25, 0.3) is 0 Å². The van der Waals surface area contributed by atoms with Crippen molar-refractivity contribution in [2.24, 2.45) is 0 Å². The van der Waals surface area contributed by atoms with Gasteiger partial charge in [-0.3, -0.25) is 0 Å². The van der Waals surface area contributed by atoms with Crippen LogP contribution in [0.2, 0.25) is 0 Å². The molecule has 1 rings (SSSR count). The van der Waals surface area contributed by atoms with E-state index in [0.717, 1.165) is 18.4 Å². The van der Waals surface area contributed by atoms with E-state index < -0.39 is 6.10 Å². The van der Waals surface area contributed by atoms with Crippen LogP contribution >= 0.6 is 0 Å². The number of aliphatic hydroxyl groups excluding tert-OH is 1. The lowest BCUT2D eigenvalue weighted by Gasteiger charge is -2.20. The molecule has 15 heavy (non-hydrogen) atoms. The van der Waals surface area contributed by atoms with E-state index in [1.54, 1.807) is 6.92 Å². The van der Waals surface area contributed by atoms with E-state index in [9.17, 15) is 5.11 Å².